The van der Waals surface area contributed by atoms with E-state index in [0.717, 1.165) is 22.8 Å². The van der Waals surface area contributed by atoms with Crippen molar-refractivity contribution in [3.05, 3.63) is 35.7 Å². The van der Waals surface area contributed by atoms with Crippen LogP contribution in [0.2, 0.25) is 0 Å². The molecule has 6 nitrogen and oxygen atoms in total. The minimum atomic E-state index is 0.356. The van der Waals surface area contributed by atoms with Crippen molar-refractivity contribution in [3.8, 4) is 5.69 Å². The number of nitrogens with two attached hydrogens (primary N) is 1. The van der Waals surface area contributed by atoms with Crippen LogP contribution in [0.1, 0.15) is 11.4 Å². The van der Waals surface area contributed by atoms with Crippen molar-refractivity contribution in [2.45, 2.75) is 13.2 Å². The molecule has 0 bridgehead atoms. The van der Waals surface area contributed by atoms with E-state index >= 15 is 0 Å². The Morgan fingerprint density at radius 2 is 1.95 bits per heavy atom. The van der Waals surface area contributed by atoms with Crippen LogP contribution in [0.15, 0.2) is 24.3 Å². The first kappa shape index (κ1) is 13.5. The number of benzene rings is 1. The summed E-state index contributed by atoms with van der Waals surface area (Å²) in [7, 11) is 5.66. The van der Waals surface area contributed by atoms with E-state index in [2.05, 4.69) is 10.3 Å². The molecular weight excluding hydrogens is 242 g/mol. The largest absolute Gasteiger partial charge is 0.378 e. The summed E-state index contributed by atoms with van der Waals surface area (Å²) < 4.78 is 6.96. The molecule has 0 atom stereocenters. The number of anilines is 1. The minimum absolute atomic E-state index is 0.356. The summed E-state index contributed by atoms with van der Waals surface area (Å²) in [6.07, 6.45) is 0. The van der Waals surface area contributed by atoms with Crippen LogP contribution >= 0.6 is 0 Å². The van der Waals surface area contributed by atoms with E-state index in [1.807, 2.05) is 43.3 Å². The molecule has 0 radical (unpaired) electrons. The summed E-state index contributed by atoms with van der Waals surface area (Å²) in [5.74, 6) is 0. The van der Waals surface area contributed by atoms with Gasteiger partial charge in [-0.3, -0.25) is 0 Å². The number of aromatic nitrogens is 3. The summed E-state index contributed by atoms with van der Waals surface area (Å²) in [4.78, 5) is 2.05. The summed E-state index contributed by atoms with van der Waals surface area (Å²) in [5.41, 5.74) is 9.40. The monoisotopic (exact) mass is 261 g/mol. The molecular formula is C13H19N5O. The molecule has 2 rings (SSSR count). The second-order valence-electron chi connectivity index (χ2n) is 4.44. The quantitative estimate of drug-likeness (QED) is 0.867. The van der Waals surface area contributed by atoms with Gasteiger partial charge in [0.15, 0.2) is 0 Å². The SMILES string of the molecule is COCc1c(CN)nnn1-c1ccc(N(C)C)cc1. The van der Waals surface area contributed by atoms with E-state index in [0.29, 0.717) is 13.2 Å². The number of ether oxygens (including phenoxy) is 1. The predicted octanol–water partition coefficient (Wildman–Crippen LogP) is 0.938. The Morgan fingerprint density at radius 1 is 1.26 bits per heavy atom. The fourth-order valence-electron chi connectivity index (χ4n) is 1.87. The lowest BCUT2D eigenvalue weighted by Gasteiger charge is -2.13. The van der Waals surface area contributed by atoms with E-state index in [1.54, 1.807) is 11.8 Å². The summed E-state index contributed by atoms with van der Waals surface area (Å²) in [5, 5.41) is 8.23. The van der Waals surface area contributed by atoms with Crippen molar-refractivity contribution < 1.29 is 4.74 Å². The third-order valence-corrected chi connectivity index (χ3v) is 2.93. The van der Waals surface area contributed by atoms with Gasteiger partial charge in [0, 0.05) is 33.4 Å². The van der Waals surface area contributed by atoms with Crippen LogP contribution in [0.4, 0.5) is 5.69 Å². The smallest absolute Gasteiger partial charge is 0.102 e. The molecule has 0 aliphatic carbocycles. The molecule has 0 aliphatic rings. The van der Waals surface area contributed by atoms with E-state index in [-0.39, 0.29) is 0 Å². The average Bonchev–Trinajstić information content (AvgIpc) is 2.82. The van der Waals surface area contributed by atoms with Crippen LogP contribution in [0.3, 0.4) is 0 Å². The van der Waals surface area contributed by atoms with Gasteiger partial charge in [-0.1, -0.05) is 5.21 Å². The van der Waals surface area contributed by atoms with E-state index in [4.69, 9.17) is 10.5 Å². The van der Waals surface area contributed by atoms with Crippen LogP contribution in [0.25, 0.3) is 5.69 Å². The molecule has 2 aromatic rings. The van der Waals surface area contributed by atoms with Gasteiger partial charge in [-0.2, -0.15) is 0 Å². The van der Waals surface area contributed by atoms with Crippen molar-refractivity contribution in [2.75, 3.05) is 26.1 Å². The highest BCUT2D eigenvalue weighted by atomic mass is 16.5. The Morgan fingerprint density at radius 3 is 2.47 bits per heavy atom. The fraction of sp³-hybridized carbons (Fsp3) is 0.385. The highest BCUT2D eigenvalue weighted by Crippen LogP contribution is 2.17. The highest BCUT2D eigenvalue weighted by molar-refractivity contribution is 5.50. The van der Waals surface area contributed by atoms with Gasteiger partial charge in [-0.15, -0.1) is 5.10 Å². The Bertz CT molecular complexity index is 532. The molecule has 0 saturated heterocycles. The maximum Gasteiger partial charge on any atom is 0.102 e. The third-order valence-electron chi connectivity index (χ3n) is 2.93. The van der Waals surface area contributed by atoms with Crippen LogP contribution < -0.4 is 10.6 Å². The van der Waals surface area contributed by atoms with Crippen molar-refractivity contribution in [2.24, 2.45) is 5.73 Å². The first-order valence-electron chi connectivity index (χ1n) is 6.07. The van der Waals surface area contributed by atoms with Gasteiger partial charge in [-0.05, 0) is 24.3 Å². The van der Waals surface area contributed by atoms with Crippen molar-refractivity contribution in [3.63, 3.8) is 0 Å². The van der Waals surface area contributed by atoms with Gasteiger partial charge in [0.05, 0.1) is 18.0 Å². The standard InChI is InChI=1S/C13H19N5O/c1-17(2)10-4-6-11(7-5-10)18-13(9-19-3)12(8-14)15-16-18/h4-7H,8-9,14H2,1-3H3. The lowest BCUT2D eigenvalue weighted by atomic mass is 10.2. The zero-order valence-electron chi connectivity index (χ0n) is 11.5. The predicted molar refractivity (Wildman–Crippen MR) is 74.3 cm³/mol. The van der Waals surface area contributed by atoms with Crippen LogP contribution in [0.5, 0.6) is 0 Å². The molecule has 102 valence electrons. The van der Waals surface area contributed by atoms with Crippen molar-refractivity contribution >= 4 is 5.69 Å². The Hall–Kier alpha value is -1.92. The molecule has 6 heteroatoms. The van der Waals surface area contributed by atoms with E-state index < -0.39 is 0 Å². The number of hydrogen-bond acceptors (Lipinski definition) is 5. The van der Waals surface area contributed by atoms with Crippen LogP contribution in [-0.4, -0.2) is 36.2 Å². The Kier molecular flexibility index (Phi) is 4.13. The maximum atomic E-state index is 5.66. The number of rotatable bonds is 5. The molecule has 0 spiro atoms. The normalized spacial score (nSPS) is 10.7. The molecule has 0 aliphatic heterocycles. The second-order valence-corrected chi connectivity index (χ2v) is 4.44. The molecule has 1 aromatic carbocycles. The van der Waals surface area contributed by atoms with E-state index in [1.165, 1.54) is 0 Å². The molecule has 19 heavy (non-hydrogen) atoms. The number of methoxy groups -OCH3 is 1. The maximum absolute atomic E-state index is 5.66. The fourth-order valence-corrected chi connectivity index (χ4v) is 1.87. The number of nitrogens with zero attached hydrogens (tertiary/aromatic N) is 4. The van der Waals surface area contributed by atoms with Crippen LogP contribution in [-0.2, 0) is 17.9 Å². The van der Waals surface area contributed by atoms with Gasteiger partial charge in [0.2, 0.25) is 0 Å². The lowest BCUT2D eigenvalue weighted by molar-refractivity contribution is 0.178. The van der Waals surface area contributed by atoms with E-state index in [9.17, 15) is 0 Å². The summed E-state index contributed by atoms with van der Waals surface area (Å²) >= 11 is 0. The highest BCUT2D eigenvalue weighted by Gasteiger charge is 2.12. The van der Waals surface area contributed by atoms with Crippen LogP contribution in [0, 0.1) is 0 Å². The van der Waals surface area contributed by atoms with Crippen molar-refractivity contribution in [1.29, 1.82) is 0 Å². The zero-order valence-corrected chi connectivity index (χ0v) is 11.5. The van der Waals surface area contributed by atoms with Gasteiger partial charge < -0.3 is 15.4 Å². The number of hydrogen-bond donors (Lipinski definition) is 1. The molecule has 1 aromatic heterocycles. The van der Waals surface area contributed by atoms with Gasteiger partial charge in [-0.25, -0.2) is 4.68 Å². The average molecular weight is 261 g/mol. The first-order valence-corrected chi connectivity index (χ1v) is 6.07. The van der Waals surface area contributed by atoms with Gasteiger partial charge >= 0.3 is 0 Å². The minimum Gasteiger partial charge on any atom is -0.378 e. The Labute approximate surface area is 112 Å². The van der Waals surface area contributed by atoms with Crippen molar-refractivity contribution in [1.82, 2.24) is 15.0 Å². The summed E-state index contributed by atoms with van der Waals surface area (Å²) in [6.45, 7) is 0.795. The first-order chi connectivity index (χ1) is 9.17. The molecule has 2 N–H and O–H groups in total. The summed E-state index contributed by atoms with van der Waals surface area (Å²) in [6, 6.07) is 8.08. The second kappa shape index (κ2) is 5.81. The van der Waals surface area contributed by atoms with Gasteiger partial charge in [0.1, 0.15) is 5.69 Å². The molecule has 0 saturated carbocycles. The molecule has 0 unspecified atom stereocenters. The Balaban J connectivity index is 2.38. The molecule has 0 fully saturated rings. The van der Waals surface area contributed by atoms with Gasteiger partial charge in [0.25, 0.3) is 0 Å². The third kappa shape index (κ3) is 2.74. The molecule has 0 amide bonds. The lowest BCUT2D eigenvalue weighted by Crippen LogP contribution is -2.09. The molecule has 1 heterocycles. The topological polar surface area (TPSA) is 69.2 Å². The zero-order chi connectivity index (χ0) is 13.8.